The van der Waals surface area contributed by atoms with Gasteiger partial charge in [-0.2, -0.15) is 4.99 Å². The molecule has 3 rings (SSSR count). The summed E-state index contributed by atoms with van der Waals surface area (Å²) in [5.74, 6) is 1.83. The highest BCUT2D eigenvalue weighted by atomic mass is 32.1. The van der Waals surface area contributed by atoms with Gasteiger partial charge in [-0.1, -0.05) is 57.4 Å². The molecule has 3 heteroatoms. The zero-order chi connectivity index (χ0) is 18.5. The number of nitrogens with zero attached hydrogens (tertiary/aromatic N) is 1. The van der Waals surface area contributed by atoms with Crippen LogP contribution in [-0.2, 0) is 0 Å². The standard InChI is InChI=1S/C23H26FNS/c1-3-17-4-6-18(7-5-17)16(2)20-10-13-22(23(24)14-20)19-8-11-21(12-9-19)25-15-26/h8-14,16-18H,3-7H2,1-2H3. The Balaban J connectivity index is 1.75. The van der Waals surface area contributed by atoms with Crippen LogP contribution in [0.5, 0.6) is 0 Å². The van der Waals surface area contributed by atoms with Crippen molar-refractivity contribution >= 4 is 23.1 Å². The van der Waals surface area contributed by atoms with Crippen molar-refractivity contribution < 1.29 is 4.39 Å². The third-order valence-corrected chi connectivity index (χ3v) is 6.14. The monoisotopic (exact) mass is 367 g/mol. The number of rotatable bonds is 5. The fourth-order valence-electron chi connectivity index (χ4n) is 4.19. The summed E-state index contributed by atoms with van der Waals surface area (Å²) in [5, 5.41) is 2.35. The van der Waals surface area contributed by atoms with Crippen LogP contribution in [0.25, 0.3) is 11.1 Å². The average molecular weight is 368 g/mol. The van der Waals surface area contributed by atoms with Gasteiger partial charge in [0.15, 0.2) is 0 Å². The summed E-state index contributed by atoms with van der Waals surface area (Å²) in [5.41, 5.74) is 3.34. The predicted molar refractivity (Wildman–Crippen MR) is 111 cm³/mol. The largest absolute Gasteiger partial charge is 0.206 e. The van der Waals surface area contributed by atoms with Gasteiger partial charge in [0.25, 0.3) is 0 Å². The summed E-state index contributed by atoms with van der Waals surface area (Å²) in [7, 11) is 0. The molecule has 1 nitrogen and oxygen atoms in total. The Kier molecular flexibility index (Phi) is 6.34. The number of halogens is 1. The zero-order valence-electron chi connectivity index (χ0n) is 15.5. The summed E-state index contributed by atoms with van der Waals surface area (Å²) < 4.78 is 14.8. The molecule has 0 heterocycles. The molecule has 1 aliphatic carbocycles. The van der Waals surface area contributed by atoms with E-state index in [4.69, 9.17) is 0 Å². The van der Waals surface area contributed by atoms with Gasteiger partial charge in [-0.3, -0.25) is 0 Å². The molecular weight excluding hydrogens is 341 g/mol. The van der Waals surface area contributed by atoms with Crippen molar-refractivity contribution in [3.8, 4) is 11.1 Å². The van der Waals surface area contributed by atoms with Crippen molar-refractivity contribution in [1.82, 2.24) is 0 Å². The maximum absolute atomic E-state index is 14.8. The Morgan fingerprint density at radius 1 is 1.12 bits per heavy atom. The highest BCUT2D eigenvalue weighted by Gasteiger charge is 2.25. The lowest BCUT2D eigenvalue weighted by Gasteiger charge is -2.32. The van der Waals surface area contributed by atoms with Crippen molar-refractivity contribution in [3.05, 3.63) is 53.8 Å². The van der Waals surface area contributed by atoms with Crippen molar-refractivity contribution in [3.63, 3.8) is 0 Å². The second-order valence-corrected chi connectivity index (χ2v) is 7.65. The van der Waals surface area contributed by atoms with Gasteiger partial charge in [0.1, 0.15) is 5.82 Å². The molecule has 0 aromatic heterocycles. The number of hydrogen-bond donors (Lipinski definition) is 0. The van der Waals surface area contributed by atoms with Gasteiger partial charge >= 0.3 is 0 Å². The van der Waals surface area contributed by atoms with Crippen molar-refractivity contribution in [2.45, 2.75) is 51.9 Å². The molecule has 2 aromatic rings. The second kappa shape index (κ2) is 8.70. The predicted octanol–water partition coefficient (Wildman–Crippen LogP) is 7.55. The van der Waals surface area contributed by atoms with E-state index in [1.54, 1.807) is 6.07 Å². The number of hydrogen-bond acceptors (Lipinski definition) is 2. The van der Waals surface area contributed by atoms with E-state index >= 15 is 0 Å². The molecule has 0 radical (unpaired) electrons. The summed E-state index contributed by atoms with van der Waals surface area (Å²) >= 11 is 4.61. The van der Waals surface area contributed by atoms with E-state index in [0.29, 0.717) is 17.4 Å². The van der Waals surface area contributed by atoms with E-state index in [9.17, 15) is 4.39 Å². The SMILES string of the molecule is CCC1CCC(C(C)c2ccc(-c3ccc(N=C=S)cc3)c(F)c2)CC1. The lowest BCUT2D eigenvalue weighted by Crippen LogP contribution is -2.18. The number of aliphatic imine (C=N–C) groups is 1. The Hall–Kier alpha value is -1.83. The molecule has 0 bridgehead atoms. The Labute approximate surface area is 161 Å². The molecule has 1 unspecified atom stereocenters. The van der Waals surface area contributed by atoms with Gasteiger partial charge in [0, 0.05) is 5.56 Å². The second-order valence-electron chi connectivity index (χ2n) is 7.47. The highest BCUT2D eigenvalue weighted by Crippen LogP contribution is 2.39. The third-order valence-electron chi connectivity index (χ3n) is 6.05. The van der Waals surface area contributed by atoms with Crippen LogP contribution >= 0.6 is 12.2 Å². The van der Waals surface area contributed by atoms with Crippen LogP contribution in [-0.4, -0.2) is 5.16 Å². The van der Waals surface area contributed by atoms with Gasteiger partial charge in [0.05, 0.1) is 10.8 Å². The summed E-state index contributed by atoms with van der Waals surface area (Å²) in [4.78, 5) is 3.94. The first kappa shape index (κ1) is 18.9. The smallest absolute Gasteiger partial charge is 0.131 e. The van der Waals surface area contributed by atoms with Gasteiger partial charge in [-0.15, -0.1) is 0 Å². The molecule has 26 heavy (non-hydrogen) atoms. The first-order chi connectivity index (χ1) is 12.6. The first-order valence-corrected chi connectivity index (χ1v) is 10.0. The Morgan fingerprint density at radius 2 is 1.81 bits per heavy atom. The molecule has 1 saturated carbocycles. The summed E-state index contributed by atoms with van der Waals surface area (Å²) in [6.45, 7) is 4.54. The van der Waals surface area contributed by atoms with E-state index in [2.05, 4.69) is 42.3 Å². The minimum atomic E-state index is -0.150. The molecule has 136 valence electrons. The van der Waals surface area contributed by atoms with Crippen LogP contribution < -0.4 is 0 Å². The first-order valence-electron chi connectivity index (χ1n) is 9.60. The van der Waals surface area contributed by atoms with Crippen molar-refractivity contribution in [1.29, 1.82) is 0 Å². The van der Waals surface area contributed by atoms with Gasteiger partial charge in [-0.05, 0) is 72.1 Å². The number of thiocarbonyl (C=S) groups is 1. The average Bonchev–Trinajstić information content (AvgIpc) is 2.68. The summed E-state index contributed by atoms with van der Waals surface area (Å²) in [6, 6.07) is 13.1. The van der Waals surface area contributed by atoms with Crippen LogP contribution in [0.15, 0.2) is 47.5 Å². The van der Waals surface area contributed by atoms with Gasteiger partial charge in [0.2, 0.25) is 0 Å². The lowest BCUT2D eigenvalue weighted by molar-refractivity contribution is 0.244. The molecule has 1 atom stereocenters. The topological polar surface area (TPSA) is 12.4 Å². The normalized spacial score (nSPS) is 21.0. The molecule has 1 aliphatic rings. The zero-order valence-corrected chi connectivity index (χ0v) is 16.4. The molecule has 0 amide bonds. The van der Waals surface area contributed by atoms with Gasteiger partial charge < -0.3 is 0 Å². The lowest BCUT2D eigenvalue weighted by atomic mass is 9.73. The summed E-state index contributed by atoms with van der Waals surface area (Å²) in [6.07, 6.45) is 6.47. The Morgan fingerprint density at radius 3 is 2.38 bits per heavy atom. The molecule has 0 saturated heterocycles. The van der Waals surface area contributed by atoms with Crippen LogP contribution in [0, 0.1) is 17.7 Å². The van der Waals surface area contributed by atoms with Crippen molar-refractivity contribution in [2.24, 2.45) is 16.8 Å². The quantitative estimate of drug-likeness (QED) is 0.392. The molecule has 0 N–H and O–H groups in total. The third kappa shape index (κ3) is 4.28. The maximum atomic E-state index is 14.8. The van der Waals surface area contributed by atoms with Crippen molar-refractivity contribution in [2.75, 3.05) is 0 Å². The Bertz CT molecular complexity index is 784. The van der Waals surface area contributed by atoms with Crippen LogP contribution in [0.1, 0.15) is 57.4 Å². The molecule has 1 fully saturated rings. The molecule has 2 aromatic carbocycles. The van der Waals surface area contributed by atoms with E-state index in [0.717, 1.165) is 22.7 Å². The highest BCUT2D eigenvalue weighted by molar-refractivity contribution is 7.78. The van der Waals surface area contributed by atoms with E-state index in [1.165, 1.54) is 32.1 Å². The maximum Gasteiger partial charge on any atom is 0.131 e. The van der Waals surface area contributed by atoms with E-state index < -0.39 is 0 Å². The van der Waals surface area contributed by atoms with E-state index in [1.807, 2.05) is 30.3 Å². The van der Waals surface area contributed by atoms with Crippen LogP contribution in [0.2, 0.25) is 0 Å². The minimum Gasteiger partial charge on any atom is -0.206 e. The minimum absolute atomic E-state index is 0.150. The fourth-order valence-corrected chi connectivity index (χ4v) is 4.29. The molecule has 0 aliphatic heterocycles. The molecular formula is C23H26FNS. The molecule has 0 spiro atoms. The van der Waals surface area contributed by atoms with E-state index in [-0.39, 0.29) is 5.82 Å². The fraction of sp³-hybridized carbons (Fsp3) is 0.435. The van der Waals surface area contributed by atoms with Crippen LogP contribution in [0.4, 0.5) is 10.1 Å². The number of benzene rings is 2. The van der Waals surface area contributed by atoms with Crippen LogP contribution in [0.3, 0.4) is 0 Å². The van der Waals surface area contributed by atoms with Gasteiger partial charge in [-0.25, -0.2) is 4.39 Å². The number of isothiocyanates is 1.